The molecule has 0 aliphatic carbocycles. The lowest BCUT2D eigenvalue weighted by Crippen LogP contribution is -2.39. The summed E-state index contributed by atoms with van der Waals surface area (Å²) < 4.78 is 0. The van der Waals surface area contributed by atoms with Gasteiger partial charge in [-0.05, 0) is 27.7 Å². The van der Waals surface area contributed by atoms with E-state index in [0.717, 1.165) is 9.88 Å². The highest BCUT2D eigenvalue weighted by Gasteiger charge is 2.23. The third kappa shape index (κ3) is 3.53. The fourth-order valence-corrected chi connectivity index (χ4v) is 2.48. The SMILES string of the molecule is Cc1nc(C(=O)N(CCC(=O)O)C(C)C)c(C)s1. The maximum absolute atomic E-state index is 12.3. The van der Waals surface area contributed by atoms with E-state index in [2.05, 4.69) is 4.98 Å². The van der Waals surface area contributed by atoms with Crippen molar-refractivity contribution in [3.8, 4) is 0 Å². The second-order valence-electron chi connectivity index (χ2n) is 4.37. The van der Waals surface area contributed by atoms with E-state index in [-0.39, 0.29) is 24.9 Å². The van der Waals surface area contributed by atoms with Gasteiger partial charge in [0, 0.05) is 17.5 Å². The lowest BCUT2D eigenvalue weighted by Gasteiger charge is -2.25. The number of nitrogens with zero attached hydrogens (tertiary/aromatic N) is 2. The molecule has 0 spiro atoms. The molecule has 1 heterocycles. The summed E-state index contributed by atoms with van der Waals surface area (Å²) in [7, 11) is 0. The number of carboxylic acid groups (broad SMARTS) is 1. The number of thiazole rings is 1. The van der Waals surface area contributed by atoms with E-state index in [4.69, 9.17) is 5.11 Å². The second-order valence-corrected chi connectivity index (χ2v) is 5.78. The molecule has 5 nitrogen and oxygen atoms in total. The van der Waals surface area contributed by atoms with Gasteiger partial charge in [0.05, 0.1) is 11.4 Å². The molecule has 100 valence electrons. The van der Waals surface area contributed by atoms with Gasteiger partial charge in [0.1, 0.15) is 5.69 Å². The Balaban J connectivity index is 2.89. The predicted molar refractivity (Wildman–Crippen MR) is 70.0 cm³/mol. The van der Waals surface area contributed by atoms with Gasteiger partial charge in [-0.2, -0.15) is 0 Å². The number of aliphatic carboxylic acids is 1. The van der Waals surface area contributed by atoms with Gasteiger partial charge in [0.15, 0.2) is 0 Å². The molecule has 6 heteroatoms. The first-order chi connectivity index (χ1) is 8.32. The molecule has 0 bridgehead atoms. The maximum Gasteiger partial charge on any atom is 0.305 e. The van der Waals surface area contributed by atoms with Gasteiger partial charge in [-0.25, -0.2) is 4.98 Å². The molecule has 1 amide bonds. The minimum atomic E-state index is -0.903. The van der Waals surface area contributed by atoms with Crippen molar-refractivity contribution in [2.24, 2.45) is 0 Å². The van der Waals surface area contributed by atoms with Crippen molar-refractivity contribution in [3.05, 3.63) is 15.6 Å². The van der Waals surface area contributed by atoms with Crippen LogP contribution in [0.2, 0.25) is 0 Å². The Morgan fingerprint density at radius 1 is 1.39 bits per heavy atom. The van der Waals surface area contributed by atoms with Crippen LogP contribution >= 0.6 is 11.3 Å². The Hall–Kier alpha value is -1.43. The average molecular weight is 270 g/mol. The monoisotopic (exact) mass is 270 g/mol. The van der Waals surface area contributed by atoms with Crippen molar-refractivity contribution in [1.29, 1.82) is 0 Å². The molecule has 1 aromatic heterocycles. The highest BCUT2D eigenvalue weighted by atomic mass is 32.1. The smallest absolute Gasteiger partial charge is 0.305 e. The lowest BCUT2D eigenvalue weighted by molar-refractivity contribution is -0.137. The lowest BCUT2D eigenvalue weighted by atomic mass is 10.2. The van der Waals surface area contributed by atoms with E-state index < -0.39 is 5.97 Å². The number of amides is 1. The summed E-state index contributed by atoms with van der Waals surface area (Å²) in [6.07, 6.45) is -0.0495. The number of rotatable bonds is 5. The van der Waals surface area contributed by atoms with E-state index in [9.17, 15) is 9.59 Å². The van der Waals surface area contributed by atoms with Crippen LogP contribution in [0.4, 0.5) is 0 Å². The topological polar surface area (TPSA) is 70.5 Å². The number of carbonyl (C=O) groups is 2. The zero-order valence-corrected chi connectivity index (χ0v) is 11.9. The van der Waals surface area contributed by atoms with Gasteiger partial charge in [0.2, 0.25) is 0 Å². The van der Waals surface area contributed by atoms with Gasteiger partial charge in [0.25, 0.3) is 5.91 Å². The molecular formula is C12H18N2O3S. The number of aryl methyl sites for hydroxylation is 2. The molecule has 0 saturated heterocycles. The van der Waals surface area contributed by atoms with Crippen LogP contribution < -0.4 is 0 Å². The third-order valence-corrected chi connectivity index (χ3v) is 3.44. The van der Waals surface area contributed by atoms with Crippen molar-refractivity contribution >= 4 is 23.2 Å². The Labute approximate surface area is 110 Å². The first-order valence-electron chi connectivity index (χ1n) is 5.79. The molecule has 0 aliphatic heterocycles. The minimum Gasteiger partial charge on any atom is -0.481 e. The maximum atomic E-state index is 12.3. The molecule has 0 atom stereocenters. The first-order valence-corrected chi connectivity index (χ1v) is 6.61. The molecule has 0 saturated carbocycles. The van der Waals surface area contributed by atoms with Gasteiger partial charge in [-0.15, -0.1) is 11.3 Å². The van der Waals surface area contributed by atoms with Crippen LogP contribution in [0, 0.1) is 13.8 Å². The Morgan fingerprint density at radius 2 is 2.00 bits per heavy atom. The number of hydrogen-bond acceptors (Lipinski definition) is 4. The van der Waals surface area contributed by atoms with E-state index in [0.29, 0.717) is 5.69 Å². The van der Waals surface area contributed by atoms with Crippen LogP contribution in [0.1, 0.15) is 40.6 Å². The number of hydrogen-bond donors (Lipinski definition) is 1. The molecule has 1 rings (SSSR count). The Kier molecular flexibility index (Phi) is 4.84. The van der Waals surface area contributed by atoms with Crippen LogP contribution in [0.3, 0.4) is 0 Å². The summed E-state index contributed by atoms with van der Waals surface area (Å²) >= 11 is 1.48. The minimum absolute atomic E-state index is 0.0433. The summed E-state index contributed by atoms with van der Waals surface area (Å²) in [4.78, 5) is 29.6. The molecule has 0 fully saturated rings. The number of carbonyl (C=O) groups excluding carboxylic acids is 1. The zero-order chi connectivity index (χ0) is 13.9. The van der Waals surface area contributed by atoms with Crippen LogP contribution in [0.5, 0.6) is 0 Å². The van der Waals surface area contributed by atoms with Gasteiger partial charge in [-0.1, -0.05) is 0 Å². The fourth-order valence-electron chi connectivity index (χ4n) is 1.67. The molecule has 1 N–H and O–H groups in total. The van der Waals surface area contributed by atoms with Crippen LogP contribution in [0.15, 0.2) is 0 Å². The summed E-state index contributed by atoms with van der Waals surface area (Å²) in [5, 5.41) is 9.55. The van der Waals surface area contributed by atoms with E-state index in [1.807, 2.05) is 27.7 Å². The third-order valence-electron chi connectivity index (χ3n) is 2.56. The molecule has 0 radical (unpaired) electrons. The molecule has 0 aliphatic rings. The standard InChI is InChI=1S/C12H18N2O3S/c1-7(2)14(6-5-10(15)16)12(17)11-8(3)18-9(4)13-11/h7H,5-6H2,1-4H3,(H,15,16). The number of aromatic nitrogens is 1. The van der Waals surface area contributed by atoms with E-state index in [1.54, 1.807) is 4.90 Å². The van der Waals surface area contributed by atoms with Gasteiger partial charge < -0.3 is 10.0 Å². The molecule has 0 unspecified atom stereocenters. The summed E-state index contributed by atoms with van der Waals surface area (Å²) in [6.45, 7) is 7.66. The van der Waals surface area contributed by atoms with Crippen molar-refractivity contribution in [3.63, 3.8) is 0 Å². The predicted octanol–water partition coefficient (Wildman–Crippen LogP) is 2.09. The van der Waals surface area contributed by atoms with Crippen molar-refractivity contribution in [2.45, 2.75) is 40.2 Å². The van der Waals surface area contributed by atoms with Gasteiger partial charge in [-0.3, -0.25) is 9.59 Å². The first kappa shape index (κ1) is 14.6. The Bertz CT molecular complexity index is 454. The number of carboxylic acids is 1. The summed E-state index contributed by atoms with van der Waals surface area (Å²) in [6, 6.07) is -0.0433. The van der Waals surface area contributed by atoms with Crippen molar-refractivity contribution < 1.29 is 14.7 Å². The summed E-state index contributed by atoms with van der Waals surface area (Å²) in [5.74, 6) is -1.09. The molecule has 18 heavy (non-hydrogen) atoms. The van der Waals surface area contributed by atoms with Crippen LogP contribution in [0.25, 0.3) is 0 Å². The van der Waals surface area contributed by atoms with E-state index >= 15 is 0 Å². The molecule has 0 aromatic carbocycles. The van der Waals surface area contributed by atoms with E-state index in [1.165, 1.54) is 11.3 Å². The quantitative estimate of drug-likeness (QED) is 0.889. The second kappa shape index (κ2) is 5.95. The van der Waals surface area contributed by atoms with Crippen molar-refractivity contribution in [2.75, 3.05) is 6.54 Å². The normalized spacial score (nSPS) is 10.7. The van der Waals surface area contributed by atoms with Gasteiger partial charge >= 0.3 is 5.97 Å². The van der Waals surface area contributed by atoms with Crippen molar-refractivity contribution in [1.82, 2.24) is 9.88 Å². The fraction of sp³-hybridized carbons (Fsp3) is 0.583. The highest BCUT2D eigenvalue weighted by Crippen LogP contribution is 2.19. The highest BCUT2D eigenvalue weighted by molar-refractivity contribution is 7.11. The zero-order valence-electron chi connectivity index (χ0n) is 11.1. The summed E-state index contributed by atoms with van der Waals surface area (Å²) in [5.41, 5.74) is 0.441. The Morgan fingerprint density at radius 3 is 2.39 bits per heavy atom. The van der Waals surface area contributed by atoms with Crippen LogP contribution in [-0.4, -0.2) is 39.5 Å². The largest absolute Gasteiger partial charge is 0.481 e. The molecular weight excluding hydrogens is 252 g/mol. The molecule has 1 aromatic rings. The van der Waals surface area contributed by atoms with Crippen LogP contribution in [-0.2, 0) is 4.79 Å². The average Bonchev–Trinajstić information content (AvgIpc) is 2.56.